The predicted molar refractivity (Wildman–Crippen MR) is 89.1 cm³/mol. The Balaban J connectivity index is 1.65. The lowest BCUT2D eigenvalue weighted by atomic mass is 10.0. The van der Waals surface area contributed by atoms with Gasteiger partial charge in [-0.15, -0.1) is 0 Å². The number of hydrogen-bond donors (Lipinski definition) is 0. The van der Waals surface area contributed by atoms with Crippen molar-refractivity contribution in [2.45, 2.75) is 6.92 Å². The Kier molecular flexibility index (Phi) is 3.78. The smallest absolute Gasteiger partial charge is 0.263 e. The third-order valence-corrected chi connectivity index (χ3v) is 4.73. The van der Waals surface area contributed by atoms with Crippen LogP contribution in [0.4, 0.5) is 0 Å². The fourth-order valence-corrected chi connectivity index (χ4v) is 3.45. The maximum absolute atomic E-state index is 12.9. The SMILES string of the molecule is Cc1nc2ccccc2c2c1C(=O)N(CCN1CCOCC1)C2=O. The van der Waals surface area contributed by atoms with Gasteiger partial charge in [0.1, 0.15) is 0 Å². The number of aryl methyl sites for hydroxylation is 1. The lowest BCUT2D eigenvalue weighted by Crippen LogP contribution is -2.43. The van der Waals surface area contributed by atoms with Gasteiger partial charge in [-0.2, -0.15) is 0 Å². The van der Waals surface area contributed by atoms with E-state index in [2.05, 4.69) is 9.88 Å². The standard InChI is InChI=1S/C18H19N3O3/c1-12-15-16(13-4-2-3-5-14(13)19-12)18(23)21(17(15)22)7-6-20-8-10-24-11-9-20/h2-5H,6-11H2,1H3. The fourth-order valence-electron chi connectivity index (χ4n) is 3.45. The fraction of sp³-hybridized carbons (Fsp3) is 0.389. The van der Waals surface area contributed by atoms with Crippen LogP contribution in [-0.4, -0.2) is 66.0 Å². The van der Waals surface area contributed by atoms with Gasteiger partial charge in [-0.3, -0.25) is 24.4 Å². The summed E-state index contributed by atoms with van der Waals surface area (Å²) in [7, 11) is 0. The molecule has 1 aromatic heterocycles. The minimum atomic E-state index is -0.223. The number of carbonyl (C=O) groups is 2. The Morgan fingerprint density at radius 2 is 1.75 bits per heavy atom. The van der Waals surface area contributed by atoms with Crippen molar-refractivity contribution in [1.82, 2.24) is 14.8 Å². The van der Waals surface area contributed by atoms with Crippen molar-refractivity contribution in [3.8, 4) is 0 Å². The number of morpholine rings is 1. The van der Waals surface area contributed by atoms with Gasteiger partial charge in [-0.25, -0.2) is 0 Å². The van der Waals surface area contributed by atoms with E-state index in [1.807, 2.05) is 24.3 Å². The molecule has 124 valence electrons. The quantitative estimate of drug-likeness (QED) is 0.800. The van der Waals surface area contributed by atoms with E-state index < -0.39 is 0 Å². The maximum Gasteiger partial charge on any atom is 0.263 e. The van der Waals surface area contributed by atoms with Gasteiger partial charge in [0.2, 0.25) is 0 Å². The molecule has 0 atom stereocenters. The van der Waals surface area contributed by atoms with E-state index in [-0.39, 0.29) is 11.8 Å². The van der Waals surface area contributed by atoms with E-state index >= 15 is 0 Å². The normalized spacial score (nSPS) is 18.5. The van der Waals surface area contributed by atoms with Gasteiger partial charge in [0.15, 0.2) is 0 Å². The van der Waals surface area contributed by atoms with Crippen molar-refractivity contribution < 1.29 is 14.3 Å². The van der Waals surface area contributed by atoms with Crippen molar-refractivity contribution in [3.63, 3.8) is 0 Å². The summed E-state index contributed by atoms with van der Waals surface area (Å²) in [6, 6.07) is 7.49. The first kappa shape index (κ1) is 15.2. The van der Waals surface area contributed by atoms with E-state index in [4.69, 9.17) is 4.74 Å². The molecule has 2 aliphatic rings. The van der Waals surface area contributed by atoms with Crippen molar-refractivity contribution in [2.24, 2.45) is 0 Å². The van der Waals surface area contributed by atoms with E-state index in [9.17, 15) is 9.59 Å². The summed E-state index contributed by atoms with van der Waals surface area (Å²) in [4.78, 5) is 33.7. The van der Waals surface area contributed by atoms with Crippen LogP contribution in [-0.2, 0) is 4.74 Å². The zero-order valence-corrected chi connectivity index (χ0v) is 13.6. The van der Waals surface area contributed by atoms with Crippen LogP contribution in [0, 0.1) is 6.92 Å². The first-order valence-corrected chi connectivity index (χ1v) is 8.22. The predicted octanol–water partition coefficient (Wildman–Crippen LogP) is 1.47. The number of imide groups is 1. The molecule has 0 bridgehead atoms. The van der Waals surface area contributed by atoms with Gasteiger partial charge in [0.25, 0.3) is 11.8 Å². The average Bonchev–Trinajstić information content (AvgIpc) is 2.86. The van der Waals surface area contributed by atoms with Crippen molar-refractivity contribution in [3.05, 3.63) is 41.1 Å². The highest BCUT2D eigenvalue weighted by atomic mass is 16.5. The van der Waals surface area contributed by atoms with Gasteiger partial charge in [0, 0.05) is 31.6 Å². The topological polar surface area (TPSA) is 62.7 Å². The number of rotatable bonds is 3. The first-order valence-electron chi connectivity index (χ1n) is 8.22. The van der Waals surface area contributed by atoms with Crippen LogP contribution >= 0.6 is 0 Å². The highest BCUT2D eigenvalue weighted by molar-refractivity contribution is 6.26. The number of ether oxygens (including phenoxy) is 1. The molecule has 1 saturated heterocycles. The van der Waals surface area contributed by atoms with E-state index in [1.165, 1.54) is 4.90 Å². The number of nitrogens with zero attached hydrogens (tertiary/aromatic N) is 3. The third kappa shape index (κ3) is 2.39. The zero-order chi connectivity index (χ0) is 16.7. The maximum atomic E-state index is 12.9. The number of amides is 2. The first-order chi connectivity index (χ1) is 11.7. The van der Waals surface area contributed by atoms with Gasteiger partial charge < -0.3 is 4.74 Å². The molecule has 3 heterocycles. The second-order valence-electron chi connectivity index (χ2n) is 6.18. The van der Waals surface area contributed by atoms with Gasteiger partial charge in [0.05, 0.1) is 35.6 Å². The molecule has 1 aromatic carbocycles. The Morgan fingerprint density at radius 1 is 1.04 bits per heavy atom. The molecular formula is C18H19N3O3. The molecule has 0 unspecified atom stereocenters. The van der Waals surface area contributed by atoms with Crippen LogP contribution in [0.2, 0.25) is 0 Å². The summed E-state index contributed by atoms with van der Waals surface area (Å²) in [6.07, 6.45) is 0. The summed E-state index contributed by atoms with van der Waals surface area (Å²) in [6.45, 7) is 5.96. The number of aromatic nitrogens is 1. The largest absolute Gasteiger partial charge is 0.379 e. The summed E-state index contributed by atoms with van der Waals surface area (Å²) in [5.74, 6) is -0.427. The van der Waals surface area contributed by atoms with Gasteiger partial charge >= 0.3 is 0 Å². The van der Waals surface area contributed by atoms with Crippen LogP contribution < -0.4 is 0 Å². The monoisotopic (exact) mass is 325 g/mol. The second-order valence-corrected chi connectivity index (χ2v) is 6.18. The Hall–Kier alpha value is -2.31. The summed E-state index contributed by atoms with van der Waals surface area (Å²) in [5.41, 5.74) is 2.34. The van der Waals surface area contributed by atoms with E-state index in [0.717, 1.165) is 24.0 Å². The molecule has 0 radical (unpaired) electrons. The average molecular weight is 325 g/mol. The lowest BCUT2D eigenvalue weighted by Gasteiger charge is -2.27. The molecule has 0 saturated carbocycles. The lowest BCUT2D eigenvalue weighted by molar-refractivity contribution is 0.0325. The van der Waals surface area contributed by atoms with Crippen LogP contribution in [0.3, 0.4) is 0 Å². The summed E-state index contributed by atoms with van der Waals surface area (Å²) < 4.78 is 5.33. The molecule has 4 rings (SSSR count). The zero-order valence-electron chi connectivity index (χ0n) is 13.6. The molecule has 24 heavy (non-hydrogen) atoms. The Bertz CT molecular complexity index is 828. The molecule has 2 amide bonds. The van der Waals surface area contributed by atoms with Crippen molar-refractivity contribution >= 4 is 22.7 Å². The molecule has 1 fully saturated rings. The third-order valence-electron chi connectivity index (χ3n) is 4.73. The highest BCUT2D eigenvalue weighted by Crippen LogP contribution is 2.31. The van der Waals surface area contributed by atoms with Crippen LogP contribution in [0.5, 0.6) is 0 Å². The van der Waals surface area contributed by atoms with E-state index in [0.29, 0.717) is 43.1 Å². The van der Waals surface area contributed by atoms with Crippen LogP contribution in [0.15, 0.2) is 24.3 Å². The molecule has 2 aromatic rings. The molecule has 0 aliphatic carbocycles. The van der Waals surface area contributed by atoms with Gasteiger partial charge in [-0.05, 0) is 13.0 Å². The summed E-state index contributed by atoms with van der Waals surface area (Å²) >= 11 is 0. The molecule has 0 spiro atoms. The number of benzene rings is 1. The number of para-hydroxylation sites is 1. The van der Waals surface area contributed by atoms with Gasteiger partial charge in [-0.1, -0.05) is 18.2 Å². The molecule has 0 N–H and O–H groups in total. The minimum Gasteiger partial charge on any atom is -0.379 e. The van der Waals surface area contributed by atoms with Crippen LogP contribution in [0.1, 0.15) is 26.4 Å². The number of fused-ring (bicyclic) bond motifs is 3. The number of hydrogen-bond acceptors (Lipinski definition) is 5. The van der Waals surface area contributed by atoms with Crippen molar-refractivity contribution in [1.29, 1.82) is 0 Å². The highest BCUT2D eigenvalue weighted by Gasteiger charge is 2.38. The molecular weight excluding hydrogens is 306 g/mol. The number of pyridine rings is 1. The minimum absolute atomic E-state index is 0.204. The Morgan fingerprint density at radius 3 is 2.54 bits per heavy atom. The van der Waals surface area contributed by atoms with Crippen LogP contribution in [0.25, 0.3) is 10.9 Å². The summed E-state index contributed by atoms with van der Waals surface area (Å²) in [5, 5.41) is 0.755. The molecule has 6 heteroatoms. The number of carbonyl (C=O) groups excluding carboxylic acids is 2. The Labute approximate surface area is 140 Å². The molecule has 6 nitrogen and oxygen atoms in total. The second kappa shape index (κ2) is 5.96. The van der Waals surface area contributed by atoms with Crippen molar-refractivity contribution in [2.75, 3.05) is 39.4 Å². The molecule has 2 aliphatic heterocycles. The van der Waals surface area contributed by atoms with E-state index in [1.54, 1.807) is 6.92 Å².